The molecule has 4 heteroatoms. The highest BCUT2D eigenvalue weighted by atomic mass is 16.5. The highest BCUT2D eigenvalue weighted by Gasteiger charge is 2.05. The van der Waals surface area contributed by atoms with Crippen LogP contribution in [0.4, 0.5) is 0 Å². The molecule has 0 aliphatic rings. The van der Waals surface area contributed by atoms with Gasteiger partial charge in [-0.3, -0.25) is 9.59 Å². The van der Waals surface area contributed by atoms with E-state index in [0.29, 0.717) is 13.0 Å². The van der Waals surface area contributed by atoms with Gasteiger partial charge in [-0.2, -0.15) is 0 Å². The van der Waals surface area contributed by atoms with E-state index in [2.05, 4.69) is 12.2 Å². The van der Waals surface area contributed by atoms with Crippen LogP contribution in [0.1, 0.15) is 65.2 Å². The minimum atomic E-state index is -0.340. The fraction of sp³-hybridized carbons (Fsp3) is 0.857. The number of rotatable bonds is 11. The summed E-state index contributed by atoms with van der Waals surface area (Å²) in [5, 5.41) is 2.54. The van der Waals surface area contributed by atoms with E-state index in [0.717, 1.165) is 19.3 Å². The molecule has 18 heavy (non-hydrogen) atoms. The molecule has 0 bridgehead atoms. The largest absolute Gasteiger partial charge is 0.464 e. The predicted molar refractivity (Wildman–Crippen MR) is 72.3 cm³/mol. The van der Waals surface area contributed by atoms with Crippen LogP contribution in [0, 0.1) is 0 Å². The van der Waals surface area contributed by atoms with Gasteiger partial charge in [-0.25, -0.2) is 0 Å². The minimum absolute atomic E-state index is 0.00529. The first-order valence-electron chi connectivity index (χ1n) is 7.13. The van der Waals surface area contributed by atoms with Crippen LogP contribution in [0.25, 0.3) is 0 Å². The van der Waals surface area contributed by atoms with Gasteiger partial charge in [0.2, 0.25) is 5.91 Å². The maximum Gasteiger partial charge on any atom is 0.325 e. The summed E-state index contributed by atoms with van der Waals surface area (Å²) >= 11 is 0. The van der Waals surface area contributed by atoms with Crippen LogP contribution in [0.5, 0.6) is 0 Å². The number of amides is 1. The van der Waals surface area contributed by atoms with Crippen LogP contribution >= 0.6 is 0 Å². The number of hydrogen-bond acceptors (Lipinski definition) is 3. The Labute approximate surface area is 110 Å². The summed E-state index contributed by atoms with van der Waals surface area (Å²) in [4.78, 5) is 22.4. The lowest BCUT2D eigenvalue weighted by molar-refractivity contribution is -0.144. The zero-order chi connectivity index (χ0) is 13.6. The number of carbonyl (C=O) groups excluding carboxylic acids is 2. The van der Waals surface area contributed by atoms with Crippen molar-refractivity contribution >= 4 is 11.9 Å². The van der Waals surface area contributed by atoms with E-state index < -0.39 is 0 Å². The Morgan fingerprint density at radius 1 is 0.944 bits per heavy atom. The molecule has 1 amide bonds. The van der Waals surface area contributed by atoms with Gasteiger partial charge in [0.15, 0.2) is 0 Å². The topological polar surface area (TPSA) is 55.4 Å². The number of hydrogen-bond donors (Lipinski definition) is 1. The molecule has 0 heterocycles. The normalized spacial score (nSPS) is 10.1. The van der Waals surface area contributed by atoms with Gasteiger partial charge < -0.3 is 10.1 Å². The van der Waals surface area contributed by atoms with Crippen LogP contribution < -0.4 is 5.32 Å². The van der Waals surface area contributed by atoms with E-state index in [1.807, 2.05) is 6.92 Å². The fourth-order valence-corrected chi connectivity index (χ4v) is 1.61. The maximum absolute atomic E-state index is 11.2. The molecular formula is C14H27NO3. The van der Waals surface area contributed by atoms with Crippen molar-refractivity contribution < 1.29 is 14.3 Å². The average molecular weight is 257 g/mol. The van der Waals surface area contributed by atoms with Gasteiger partial charge in [0, 0.05) is 6.42 Å². The van der Waals surface area contributed by atoms with Crippen LogP contribution in [-0.4, -0.2) is 25.0 Å². The lowest BCUT2D eigenvalue weighted by Gasteiger charge is -2.06. The summed E-state index contributed by atoms with van der Waals surface area (Å²) in [6, 6.07) is 0. The third-order valence-corrected chi connectivity index (χ3v) is 2.67. The Morgan fingerprint density at radius 3 is 2.28 bits per heavy atom. The zero-order valence-corrected chi connectivity index (χ0v) is 11.8. The number of carbonyl (C=O) groups is 2. The second-order valence-corrected chi connectivity index (χ2v) is 4.51. The summed E-state index contributed by atoms with van der Waals surface area (Å²) in [6.45, 7) is 4.58. The van der Waals surface area contributed by atoms with Crippen molar-refractivity contribution in [2.45, 2.75) is 65.2 Å². The molecule has 1 N–H and O–H groups in total. The monoisotopic (exact) mass is 257 g/mol. The number of unbranched alkanes of at least 4 members (excludes halogenated alkanes) is 5. The van der Waals surface area contributed by atoms with Crippen LogP contribution in [0.2, 0.25) is 0 Å². The van der Waals surface area contributed by atoms with Crippen molar-refractivity contribution in [3.8, 4) is 0 Å². The molecule has 0 aromatic rings. The second-order valence-electron chi connectivity index (χ2n) is 4.51. The van der Waals surface area contributed by atoms with Gasteiger partial charge >= 0.3 is 5.97 Å². The Hall–Kier alpha value is -1.06. The molecule has 0 spiro atoms. The number of esters is 1. The smallest absolute Gasteiger partial charge is 0.325 e. The van der Waals surface area contributed by atoms with E-state index in [-0.39, 0.29) is 18.4 Å². The summed E-state index contributed by atoms with van der Waals surface area (Å²) in [5.41, 5.74) is 0. The van der Waals surface area contributed by atoms with Gasteiger partial charge in [0.1, 0.15) is 6.54 Å². The predicted octanol–water partition coefficient (Wildman–Crippen LogP) is 2.81. The SMILES string of the molecule is CCCCCCCCOC(=O)CNC(=O)CCC. The first-order valence-corrected chi connectivity index (χ1v) is 7.13. The van der Waals surface area contributed by atoms with Crippen molar-refractivity contribution in [1.29, 1.82) is 0 Å². The van der Waals surface area contributed by atoms with Crippen molar-refractivity contribution in [2.75, 3.05) is 13.2 Å². The standard InChI is InChI=1S/C14H27NO3/c1-3-5-6-7-8-9-11-18-14(17)12-15-13(16)10-4-2/h3-12H2,1-2H3,(H,15,16). The first-order chi connectivity index (χ1) is 8.70. The maximum atomic E-state index is 11.2. The molecule has 4 nitrogen and oxygen atoms in total. The molecular weight excluding hydrogens is 230 g/mol. The highest BCUT2D eigenvalue weighted by molar-refractivity contribution is 5.81. The fourth-order valence-electron chi connectivity index (χ4n) is 1.61. The lowest BCUT2D eigenvalue weighted by atomic mass is 10.1. The molecule has 0 unspecified atom stereocenters. The molecule has 0 radical (unpaired) electrons. The third-order valence-electron chi connectivity index (χ3n) is 2.67. The van der Waals surface area contributed by atoms with E-state index in [9.17, 15) is 9.59 Å². The Bertz CT molecular complexity index is 229. The quantitative estimate of drug-likeness (QED) is 0.457. The van der Waals surface area contributed by atoms with Crippen molar-refractivity contribution in [2.24, 2.45) is 0 Å². The van der Waals surface area contributed by atoms with Gasteiger partial charge in [-0.05, 0) is 12.8 Å². The summed E-state index contributed by atoms with van der Waals surface area (Å²) < 4.78 is 5.02. The number of nitrogens with one attached hydrogen (secondary N) is 1. The molecule has 0 fully saturated rings. The Morgan fingerprint density at radius 2 is 1.61 bits per heavy atom. The zero-order valence-electron chi connectivity index (χ0n) is 11.8. The van der Waals surface area contributed by atoms with E-state index >= 15 is 0 Å². The van der Waals surface area contributed by atoms with Gasteiger partial charge in [-0.1, -0.05) is 46.0 Å². The van der Waals surface area contributed by atoms with Crippen LogP contribution in [-0.2, 0) is 14.3 Å². The van der Waals surface area contributed by atoms with Crippen molar-refractivity contribution in [3.63, 3.8) is 0 Å². The summed E-state index contributed by atoms with van der Waals surface area (Å²) in [6.07, 6.45) is 8.27. The van der Waals surface area contributed by atoms with E-state index in [4.69, 9.17) is 4.74 Å². The Balaban J connectivity index is 3.29. The first kappa shape index (κ1) is 16.9. The van der Waals surface area contributed by atoms with Gasteiger partial charge in [-0.15, -0.1) is 0 Å². The molecule has 106 valence electrons. The van der Waals surface area contributed by atoms with Crippen molar-refractivity contribution in [1.82, 2.24) is 5.32 Å². The molecule has 0 atom stereocenters. The summed E-state index contributed by atoms with van der Waals surface area (Å²) in [7, 11) is 0. The van der Waals surface area contributed by atoms with Crippen molar-refractivity contribution in [3.05, 3.63) is 0 Å². The second kappa shape index (κ2) is 12.4. The van der Waals surface area contributed by atoms with Crippen LogP contribution in [0.3, 0.4) is 0 Å². The van der Waals surface area contributed by atoms with Crippen LogP contribution in [0.15, 0.2) is 0 Å². The molecule has 0 saturated heterocycles. The molecule has 0 saturated carbocycles. The molecule has 0 aromatic carbocycles. The number of ether oxygens (including phenoxy) is 1. The summed E-state index contributed by atoms with van der Waals surface area (Å²) in [5.74, 6) is -0.429. The molecule has 0 aromatic heterocycles. The van der Waals surface area contributed by atoms with Gasteiger partial charge in [0.05, 0.1) is 6.61 Å². The van der Waals surface area contributed by atoms with E-state index in [1.54, 1.807) is 0 Å². The highest BCUT2D eigenvalue weighted by Crippen LogP contribution is 2.04. The van der Waals surface area contributed by atoms with Gasteiger partial charge in [0.25, 0.3) is 0 Å². The lowest BCUT2D eigenvalue weighted by Crippen LogP contribution is -2.30. The average Bonchev–Trinajstić information content (AvgIpc) is 2.35. The molecule has 0 aliphatic heterocycles. The minimum Gasteiger partial charge on any atom is -0.464 e. The molecule has 0 aliphatic carbocycles. The third kappa shape index (κ3) is 11.4. The molecule has 0 rings (SSSR count). The van der Waals surface area contributed by atoms with E-state index in [1.165, 1.54) is 25.7 Å². The Kier molecular flexibility index (Phi) is 11.7.